The quantitative estimate of drug-likeness (QED) is 0.112. The monoisotopic (exact) mass is 576 g/mol. The third kappa shape index (κ3) is 5.57. The predicted octanol–water partition coefficient (Wildman–Crippen LogP) is 6.78. The minimum Gasteiger partial charge on any atom is -0.507 e. The summed E-state index contributed by atoms with van der Waals surface area (Å²) in [4.78, 5) is 27.1. The first-order chi connectivity index (χ1) is 20.9. The molecule has 0 unspecified atom stereocenters. The molecule has 1 heterocycles. The Morgan fingerprint density at radius 3 is 2.02 bits per heavy atom. The molecule has 4 bridgehead atoms. The molecule has 1 aromatic heterocycles. The highest BCUT2D eigenvalue weighted by atomic mass is 16.6. The van der Waals surface area contributed by atoms with Gasteiger partial charge >= 0.3 is 0 Å². The molecule has 4 aromatic rings. The summed E-state index contributed by atoms with van der Waals surface area (Å²) in [5.41, 5.74) is 4.66. The molecule has 11 heteroatoms. The van der Waals surface area contributed by atoms with Crippen LogP contribution in [-0.4, -0.2) is 36.7 Å². The van der Waals surface area contributed by atoms with Gasteiger partial charge in [0.1, 0.15) is 5.75 Å². The molecule has 4 aliphatic carbocycles. The van der Waals surface area contributed by atoms with E-state index in [-0.39, 0.29) is 28.5 Å². The van der Waals surface area contributed by atoms with Crippen molar-refractivity contribution in [3.05, 3.63) is 94.5 Å². The lowest BCUT2D eigenvalue weighted by molar-refractivity contribution is -0.384. The Bertz CT molecular complexity index is 1590. The second-order valence-electron chi connectivity index (χ2n) is 12.0. The maximum atomic E-state index is 11.2. The summed E-state index contributed by atoms with van der Waals surface area (Å²) in [6.45, 7) is 0. The van der Waals surface area contributed by atoms with E-state index in [0.29, 0.717) is 11.9 Å². The average Bonchev–Trinajstić information content (AvgIpc) is 2.98. The zero-order valence-electron chi connectivity index (χ0n) is 23.5. The molecule has 0 atom stereocenters. The summed E-state index contributed by atoms with van der Waals surface area (Å²) >= 11 is 0. The van der Waals surface area contributed by atoms with Crippen LogP contribution in [0.3, 0.4) is 0 Å². The number of non-ortho nitro benzene ring substituents is 1. The molecule has 4 saturated carbocycles. The number of rotatable bonds is 9. The molecule has 3 N–H and O–H groups in total. The fourth-order valence-electron chi connectivity index (χ4n) is 7.52. The van der Waals surface area contributed by atoms with Crippen LogP contribution in [-0.2, 0) is 0 Å². The normalized spacial score (nSPS) is 23.8. The SMILES string of the molecule is O=[N+]([O-])c1ccc(O)c(/C=N/Nc2nc(NC34CC5CC(CC(C5)C3)C4)nc(N(c3ccccc3)c3ccccc3)n2)c1. The topological polar surface area (TPSA) is 142 Å². The lowest BCUT2D eigenvalue weighted by atomic mass is 9.53. The number of hydrogen-bond donors (Lipinski definition) is 3. The van der Waals surface area contributed by atoms with Crippen molar-refractivity contribution >= 4 is 41.1 Å². The first-order valence-electron chi connectivity index (χ1n) is 14.6. The third-order valence-electron chi connectivity index (χ3n) is 8.86. The Hall–Kier alpha value is -5.06. The van der Waals surface area contributed by atoms with E-state index in [1.807, 2.05) is 65.6 Å². The Morgan fingerprint density at radius 2 is 1.44 bits per heavy atom. The van der Waals surface area contributed by atoms with E-state index in [4.69, 9.17) is 15.0 Å². The van der Waals surface area contributed by atoms with Crippen LogP contribution in [0.2, 0.25) is 0 Å². The van der Waals surface area contributed by atoms with Crippen LogP contribution in [0.4, 0.5) is 34.9 Å². The number of nitrogens with one attached hydrogen (secondary N) is 2. The molecule has 11 nitrogen and oxygen atoms in total. The zero-order valence-corrected chi connectivity index (χ0v) is 23.5. The number of hydrogen-bond acceptors (Lipinski definition) is 10. The van der Waals surface area contributed by atoms with Gasteiger partial charge in [0.05, 0.1) is 11.1 Å². The number of aromatic nitrogens is 3. The third-order valence-corrected chi connectivity index (χ3v) is 8.86. The van der Waals surface area contributed by atoms with Gasteiger partial charge in [0.25, 0.3) is 5.69 Å². The molecule has 43 heavy (non-hydrogen) atoms. The number of phenols is 1. The molecular weight excluding hydrogens is 544 g/mol. The van der Waals surface area contributed by atoms with E-state index in [2.05, 4.69) is 15.8 Å². The molecule has 4 fully saturated rings. The van der Waals surface area contributed by atoms with Crippen LogP contribution in [0.25, 0.3) is 0 Å². The number of nitro benzene ring substituents is 1. The van der Waals surface area contributed by atoms with Gasteiger partial charge in [-0.05, 0) is 86.6 Å². The van der Waals surface area contributed by atoms with Gasteiger partial charge in [-0.3, -0.25) is 15.0 Å². The summed E-state index contributed by atoms with van der Waals surface area (Å²) in [6, 6.07) is 23.6. The molecule has 0 saturated heterocycles. The molecule has 0 amide bonds. The Labute approximate surface area is 248 Å². The molecular formula is C32H32N8O3. The van der Waals surface area contributed by atoms with E-state index < -0.39 is 4.92 Å². The van der Waals surface area contributed by atoms with Crippen LogP contribution in [0, 0.1) is 27.9 Å². The molecule has 0 radical (unpaired) electrons. The van der Waals surface area contributed by atoms with Crippen LogP contribution in [0.1, 0.15) is 44.1 Å². The second-order valence-corrected chi connectivity index (χ2v) is 12.0. The first kappa shape index (κ1) is 26.8. The molecule has 0 spiro atoms. The van der Waals surface area contributed by atoms with E-state index in [1.165, 1.54) is 43.7 Å². The Morgan fingerprint density at radius 1 is 0.860 bits per heavy atom. The van der Waals surface area contributed by atoms with Crippen molar-refractivity contribution in [2.24, 2.45) is 22.9 Å². The van der Waals surface area contributed by atoms with Gasteiger partial charge in [-0.2, -0.15) is 20.1 Å². The van der Waals surface area contributed by atoms with E-state index in [1.54, 1.807) is 0 Å². The zero-order chi connectivity index (χ0) is 29.4. The van der Waals surface area contributed by atoms with E-state index in [9.17, 15) is 15.2 Å². The fourth-order valence-corrected chi connectivity index (χ4v) is 7.52. The lowest BCUT2D eigenvalue weighted by Gasteiger charge is -2.56. The van der Waals surface area contributed by atoms with E-state index in [0.717, 1.165) is 48.4 Å². The number of para-hydroxylation sites is 2. The van der Waals surface area contributed by atoms with Crippen molar-refractivity contribution < 1.29 is 10.0 Å². The number of hydrazone groups is 1. The molecule has 8 rings (SSSR count). The van der Waals surface area contributed by atoms with Crippen molar-refractivity contribution in [1.82, 2.24) is 15.0 Å². The van der Waals surface area contributed by atoms with Gasteiger partial charge < -0.3 is 10.4 Å². The molecule has 218 valence electrons. The van der Waals surface area contributed by atoms with Gasteiger partial charge in [0.15, 0.2) is 0 Å². The van der Waals surface area contributed by atoms with Crippen molar-refractivity contribution in [2.45, 2.75) is 44.1 Å². The maximum absolute atomic E-state index is 11.2. The maximum Gasteiger partial charge on any atom is 0.270 e. The van der Waals surface area contributed by atoms with Gasteiger partial charge in [0, 0.05) is 34.6 Å². The Balaban J connectivity index is 1.26. The standard InChI is InChI=1S/C32H32N8O3/c41-28-12-11-27(40(42)43)16-24(28)20-33-38-30-34-29(37-32-17-21-13-22(18-32)15-23(14-21)19-32)35-31(36-30)39(25-7-3-1-4-8-25)26-9-5-2-6-10-26/h1-12,16,20-23,41H,13-15,17-19H2,(H2,34,35,36,37,38)/b33-20+. The highest BCUT2D eigenvalue weighted by Gasteiger charge is 2.51. The number of anilines is 5. The highest BCUT2D eigenvalue weighted by Crippen LogP contribution is 2.56. The summed E-state index contributed by atoms with van der Waals surface area (Å²) < 4.78 is 0. The molecule has 3 aromatic carbocycles. The fraction of sp³-hybridized carbons (Fsp3) is 0.312. The summed E-state index contributed by atoms with van der Waals surface area (Å²) in [6.07, 6.45) is 8.64. The number of nitro groups is 1. The smallest absolute Gasteiger partial charge is 0.270 e. The lowest BCUT2D eigenvalue weighted by Crippen LogP contribution is -2.55. The van der Waals surface area contributed by atoms with Crippen molar-refractivity contribution in [2.75, 3.05) is 15.6 Å². The van der Waals surface area contributed by atoms with Gasteiger partial charge in [-0.15, -0.1) is 0 Å². The van der Waals surface area contributed by atoms with Gasteiger partial charge in [-0.25, -0.2) is 5.43 Å². The van der Waals surface area contributed by atoms with E-state index >= 15 is 0 Å². The van der Waals surface area contributed by atoms with Crippen LogP contribution in [0.15, 0.2) is 84.0 Å². The predicted molar refractivity (Wildman–Crippen MR) is 165 cm³/mol. The molecule has 4 aliphatic rings. The minimum atomic E-state index is -0.521. The number of aromatic hydroxyl groups is 1. The second kappa shape index (κ2) is 11.0. The van der Waals surface area contributed by atoms with Crippen molar-refractivity contribution in [1.29, 1.82) is 0 Å². The van der Waals surface area contributed by atoms with Gasteiger partial charge in [0.2, 0.25) is 17.8 Å². The summed E-state index contributed by atoms with van der Waals surface area (Å²) in [7, 11) is 0. The Kier molecular flexibility index (Phi) is 6.84. The molecule has 0 aliphatic heterocycles. The minimum absolute atomic E-state index is 0.0347. The number of phenolic OH excluding ortho intramolecular Hbond substituents is 1. The average molecular weight is 577 g/mol. The van der Waals surface area contributed by atoms with Crippen molar-refractivity contribution in [3.63, 3.8) is 0 Å². The largest absolute Gasteiger partial charge is 0.507 e. The summed E-state index contributed by atoms with van der Waals surface area (Å²) in [5.74, 6) is 3.20. The number of benzene rings is 3. The van der Waals surface area contributed by atoms with Crippen molar-refractivity contribution in [3.8, 4) is 5.75 Å². The van der Waals surface area contributed by atoms with Gasteiger partial charge in [-0.1, -0.05) is 36.4 Å². The summed E-state index contributed by atoms with van der Waals surface area (Å²) in [5, 5.41) is 29.4. The number of nitrogens with zero attached hydrogens (tertiary/aromatic N) is 6. The van der Waals surface area contributed by atoms with Crippen LogP contribution >= 0.6 is 0 Å². The first-order valence-corrected chi connectivity index (χ1v) is 14.6. The van der Waals surface area contributed by atoms with Crippen LogP contribution < -0.4 is 15.6 Å². The highest BCUT2D eigenvalue weighted by molar-refractivity contribution is 5.85. The van der Waals surface area contributed by atoms with Crippen LogP contribution in [0.5, 0.6) is 5.75 Å².